The largest absolute Gasteiger partial charge is 0.350 e. The average molecular weight is 290 g/mol. The highest BCUT2D eigenvalue weighted by Gasteiger charge is 2.62. The van der Waals surface area contributed by atoms with E-state index in [1.165, 1.54) is 0 Å². The number of aromatic nitrogens is 2. The van der Waals surface area contributed by atoms with Gasteiger partial charge in [-0.25, -0.2) is 0 Å². The number of amides is 1. The van der Waals surface area contributed by atoms with Gasteiger partial charge in [0.2, 0.25) is 0 Å². The van der Waals surface area contributed by atoms with Crippen LogP contribution in [0.15, 0.2) is 12.3 Å². The van der Waals surface area contributed by atoms with Gasteiger partial charge in [-0.2, -0.15) is 5.10 Å². The summed E-state index contributed by atoms with van der Waals surface area (Å²) >= 11 is 12.0. The molecule has 100 valence electrons. The van der Waals surface area contributed by atoms with E-state index in [0.29, 0.717) is 18.7 Å². The lowest BCUT2D eigenvalue weighted by atomic mass is 10.1. The summed E-state index contributed by atoms with van der Waals surface area (Å²) in [7, 11) is 0. The van der Waals surface area contributed by atoms with E-state index in [2.05, 4.69) is 10.4 Å². The second-order valence-corrected chi connectivity index (χ2v) is 6.88. The Bertz CT molecular complexity index is 470. The summed E-state index contributed by atoms with van der Waals surface area (Å²) in [4.78, 5) is 11.9. The lowest BCUT2D eigenvalue weighted by molar-refractivity contribution is 0.0940. The summed E-state index contributed by atoms with van der Waals surface area (Å²) in [5.74, 6) is -0.188. The molecule has 1 aliphatic carbocycles. The van der Waals surface area contributed by atoms with Crippen LogP contribution in [0.25, 0.3) is 0 Å². The SMILES string of the molecule is CC(C)n1ccc(C(=O)NC[C@@]2(C)CC2(Cl)Cl)n1. The molecule has 0 unspecified atom stereocenters. The fraction of sp³-hybridized carbons (Fsp3) is 0.667. The van der Waals surface area contributed by atoms with Crippen molar-refractivity contribution in [3.8, 4) is 0 Å². The molecule has 1 aliphatic rings. The van der Waals surface area contributed by atoms with E-state index in [1.807, 2.05) is 20.8 Å². The number of nitrogens with one attached hydrogen (secondary N) is 1. The number of rotatable bonds is 4. The van der Waals surface area contributed by atoms with Crippen molar-refractivity contribution in [1.29, 1.82) is 0 Å². The first-order valence-corrected chi connectivity index (χ1v) is 6.72. The predicted molar refractivity (Wildman–Crippen MR) is 72.1 cm³/mol. The molecule has 1 aromatic heterocycles. The van der Waals surface area contributed by atoms with Crippen LogP contribution < -0.4 is 5.32 Å². The lowest BCUT2D eigenvalue weighted by Crippen LogP contribution is -2.31. The van der Waals surface area contributed by atoms with Gasteiger partial charge in [0.25, 0.3) is 5.91 Å². The van der Waals surface area contributed by atoms with E-state index in [0.717, 1.165) is 0 Å². The maximum Gasteiger partial charge on any atom is 0.271 e. The monoisotopic (exact) mass is 289 g/mol. The van der Waals surface area contributed by atoms with E-state index in [9.17, 15) is 4.79 Å². The molecule has 1 aromatic rings. The van der Waals surface area contributed by atoms with Gasteiger partial charge in [0.15, 0.2) is 0 Å². The van der Waals surface area contributed by atoms with Crippen LogP contribution in [0.1, 0.15) is 43.7 Å². The van der Waals surface area contributed by atoms with Crippen LogP contribution in [0.2, 0.25) is 0 Å². The molecule has 0 aliphatic heterocycles. The van der Waals surface area contributed by atoms with Gasteiger partial charge in [0.05, 0.1) is 0 Å². The van der Waals surface area contributed by atoms with E-state index in [1.54, 1.807) is 16.9 Å². The zero-order valence-electron chi connectivity index (χ0n) is 10.7. The third-order valence-corrected chi connectivity index (χ3v) is 4.56. The maximum absolute atomic E-state index is 11.9. The minimum Gasteiger partial charge on any atom is -0.350 e. The first-order chi connectivity index (χ1) is 8.25. The van der Waals surface area contributed by atoms with Crippen LogP contribution >= 0.6 is 23.2 Å². The minimum absolute atomic E-state index is 0.188. The molecular formula is C12H17Cl2N3O. The molecule has 1 N–H and O–H groups in total. The summed E-state index contributed by atoms with van der Waals surface area (Å²) in [6.07, 6.45) is 2.50. The molecule has 1 heterocycles. The third-order valence-electron chi connectivity index (χ3n) is 3.38. The number of nitrogens with zero attached hydrogens (tertiary/aromatic N) is 2. The Morgan fingerprint density at radius 3 is 2.67 bits per heavy atom. The number of hydrogen-bond donors (Lipinski definition) is 1. The lowest BCUT2D eigenvalue weighted by Gasteiger charge is -2.12. The molecule has 1 atom stereocenters. The van der Waals surface area contributed by atoms with Crippen LogP contribution in [-0.2, 0) is 0 Å². The molecule has 1 amide bonds. The summed E-state index contributed by atoms with van der Waals surface area (Å²) < 4.78 is 1.04. The maximum atomic E-state index is 11.9. The van der Waals surface area contributed by atoms with Gasteiger partial charge in [-0.3, -0.25) is 9.48 Å². The number of hydrogen-bond acceptors (Lipinski definition) is 2. The van der Waals surface area contributed by atoms with Gasteiger partial charge in [-0.05, 0) is 26.3 Å². The van der Waals surface area contributed by atoms with Gasteiger partial charge in [0, 0.05) is 24.2 Å². The summed E-state index contributed by atoms with van der Waals surface area (Å²) in [6, 6.07) is 1.95. The van der Waals surface area contributed by atoms with E-state index < -0.39 is 4.33 Å². The molecule has 0 spiro atoms. The Balaban J connectivity index is 1.92. The highest BCUT2D eigenvalue weighted by molar-refractivity contribution is 6.51. The van der Waals surface area contributed by atoms with E-state index >= 15 is 0 Å². The van der Waals surface area contributed by atoms with Gasteiger partial charge < -0.3 is 5.32 Å². The normalized spacial score (nSPS) is 25.2. The van der Waals surface area contributed by atoms with Crippen molar-refractivity contribution in [2.24, 2.45) is 5.41 Å². The number of alkyl halides is 2. The zero-order valence-corrected chi connectivity index (χ0v) is 12.2. The molecule has 6 heteroatoms. The molecule has 0 aromatic carbocycles. The summed E-state index contributed by atoms with van der Waals surface area (Å²) in [5, 5.41) is 7.03. The molecule has 1 saturated carbocycles. The zero-order chi connectivity index (χ0) is 13.6. The van der Waals surface area contributed by atoms with Crippen molar-refractivity contribution < 1.29 is 4.79 Å². The van der Waals surface area contributed by atoms with Gasteiger partial charge in [0.1, 0.15) is 10.0 Å². The predicted octanol–water partition coefficient (Wildman–Crippen LogP) is 2.78. The van der Waals surface area contributed by atoms with Crippen molar-refractivity contribution >= 4 is 29.1 Å². The Hall–Kier alpha value is -0.740. The Morgan fingerprint density at radius 2 is 2.22 bits per heavy atom. The van der Waals surface area contributed by atoms with Crippen LogP contribution in [0.5, 0.6) is 0 Å². The Labute approximate surface area is 117 Å². The Kier molecular flexibility index (Phi) is 3.36. The van der Waals surface area contributed by atoms with Crippen LogP contribution in [0.3, 0.4) is 0 Å². The molecule has 0 radical (unpaired) electrons. The van der Waals surface area contributed by atoms with Gasteiger partial charge in [-0.1, -0.05) is 6.92 Å². The van der Waals surface area contributed by atoms with Gasteiger partial charge >= 0.3 is 0 Å². The molecule has 18 heavy (non-hydrogen) atoms. The van der Waals surface area contributed by atoms with Gasteiger partial charge in [-0.15, -0.1) is 23.2 Å². The average Bonchev–Trinajstić information content (AvgIpc) is 2.71. The fourth-order valence-corrected chi connectivity index (χ4v) is 2.47. The van der Waals surface area contributed by atoms with Crippen LogP contribution in [0.4, 0.5) is 0 Å². The topological polar surface area (TPSA) is 46.9 Å². The second-order valence-electron chi connectivity index (χ2n) is 5.40. The van der Waals surface area contributed by atoms with Crippen molar-refractivity contribution in [3.05, 3.63) is 18.0 Å². The van der Waals surface area contributed by atoms with Crippen LogP contribution in [-0.4, -0.2) is 26.6 Å². The standard InChI is InChI=1S/C12H17Cl2N3O/c1-8(2)17-5-4-9(16-17)10(18)15-7-11(3)6-12(11,13)14/h4-5,8H,6-7H2,1-3H3,(H,15,18)/t11-/m1/s1. The number of halogens is 2. The van der Waals surface area contributed by atoms with Crippen molar-refractivity contribution in [3.63, 3.8) is 0 Å². The van der Waals surface area contributed by atoms with Crippen molar-refractivity contribution in [2.75, 3.05) is 6.54 Å². The van der Waals surface area contributed by atoms with Crippen molar-refractivity contribution in [2.45, 2.75) is 37.6 Å². The molecule has 4 nitrogen and oxygen atoms in total. The Morgan fingerprint density at radius 1 is 1.61 bits per heavy atom. The first kappa shape index (κ1) is 13.7. The molecule has 2 rings (SSSR count). The quantitative estimate of drug-likeness (QED) is 0.867. The summed E-state index contributed by atoms with van der Waals surface area (Å²) in [6.45, 7) is 6.44. The number of carbonyl (C=O) groups excluding carboxylic acids is 1. The minimum atomic E-state index is -0.711. The second kappa shape index (κ2) is 4.42. The van der Waals surface area contributed by atoms with Crippen LogP contribution in [0, 0.1) is 5.41 Å². The third kappa shape index (κ3) is 2.50. The molecular weight excluding hydrogens is 273 g/mol. The smallest absolute Gasteiger partial charge is 0.271 e. The molecule has 1 fully saturated rings. The molecule has 0 bridgehead atoms. The fourth-order valence-electron chi connectivity index (χ4n) is 1.75. The van der Waals surface area contributed by atoms with E-state index in [-0.39, 0.29) is 17.4 Å². The first-order valence-electron chi connectivity index (χ1n) is 5.96. The van der Waals surface area contributed by atoms with Crippen molar-refractivity contribution in [1.82, 2.24) is 15.1 Å². The summed E-state index contributed by atoms with van der Waals surface area (Å²) in [5.41, 5.74) is 0.189. The highest BCUT2D eigenvalue weighted by Crippen LogP contribution is 2.63. The number of carbonyl (C=O) groups is 1. The van der Waals surface area contributed by atoms with E-state index in [4.69, 9.17) is 23.2 Å². The highest BCUT2D eigenvalue weighted by atomic mass is 35.5. The molecule has 0 saturated heterocycles.